The monoisotopic (exact) mass is 320 g/mol. The molecule has 1 fully saturated rings. The molecule has 0 saturated carbocycles. The van der Waals surface area contributed by atoms with Crippen LogP contribution in [0.15, 0.2) is 18.3 Å². The zero-order chi connectivity index (χ0) is 16.7. The number of carbonyl (C=O) groups excluding carboxylic acids is 1. The fraction of sp³-hybridized carbons (Fsp3) is 0.647. The second kappa shape index (κ2) is 8.72. The largest absolute Gasteiger partial charge is 0.383 e. The summed E-state index contributed by atoms with van der Waals surface area (Å²) in [6, 6.07) is 3.90. The van der Waals surface area contributed by atoms with E-state index in [-0.39, 0.29) is 12.1 Å². The molecule has 2 rings (SSSR count). The Hall–Kier alpha value is -1.82. The summed E-state index contributed by atoms with van der Waals surface area (Å²) < 4.78 is 5.10. The summed E-state index contributed by atoms with van der Waals surface area (Å²) in [7, 11) is 3.43. The van der Waals surface area contributed by atoms with Crippen molar-refractivity contribution in [3.8, 4) is 0 Å². The number of hydrogen-bond acceptors (Lipinski definition) is 4. The van der Waals surface area contributed by atoms with Gasteiger partial charge in [-0.15, -0.1) is 0 Å². The van der Waals surface area contributed by atoms with Crippen molar-refractivity contribution in [2.24, 2.45) is 0 Å². The van der Waals surface area contributed by atoms with Gasteiger partial charge in [-0.05, 0) is 32.3 Å². The molecule has 0 aliphatic carbocycles. The quantitative estimate of drug-likeness (QED) is 0.873. The van der Waals surface area contributed by atoms with Gasteiger partial charge in [0.1, 0.15) is 5.82 Å². The van der Waals surface area contributed by atoms with E-state index in [1.807, 2.05) is 25.3 Å². The fourth-order valence-electron chi connectivity index (χ4n) is 2.81. The lowest BCUT2D eigenvalue weighted by Gasteiger charge is -2.30. The van der Waals surface area contributed by atoms with Crippen molar-refractivity contribution in [1.82, 2.24) is 15.2 Å². The highest BCUT2D eigenvalue weighted by atomic mass is 16.5. The summed E-state index contributed by atoms with van der Waals surface area (Å²) in [6.07, 6.45) is 5.53. The standard InChI is InChI=1S/C17H28N4O2/c1-14(13-23-3)20(2)17(22)19-12-15-8-7-9-18-16(15)21-10-5-4-6-11-21/h7-9,14H,4-6,10-13H2,1-3H3,(H,19,22). The minimum Gasteiger partial charge on any atom is -0.383 e. The third-order valence-electron chi connectivity index (χ3n) is 4.34. The van der Waals surface area contributed by atoms with Crippen LogP contribution < -0.4 is 10.2 Å². The molecule has 1 atom stereocenters. The van der Waals surface area contributed by atoms with Gasteiger partial charge in [-0.3, -0.25) is 0 Å². The molecule has 6 nitrogen and oxygen atoms in total. The Balaban J connectivity index is 1.96. The predicted octanol–water partition coefficient (Wildman–Crippen LogP) is 2.25. The zero-order valence-electron chi connectivity index (χ0n) is 14.4. The number of nitrogens with one attached hydrogen (secondary N) is 1. The Labute approximate surface area is 138 Å². The molecule has 2 amide bonds. The van der Waals surface area contributed by atoms with Crippen LogP contribution in [-0.2, 0) is 11.3 Å². The number of rotatable bonds is 6. The molecular formula is C17H28N4O2. The highest BCUT2D eigenvalue weighted by Gasteiger charge is 2.18. The molecule has 0 aromatic carbocycles. The minimum atomic E-state index is -0.0944. The van der Waals surface area contributed by atoms with Crippen molar-refractivity contribution >= 4 is 11.8 Å². The summed E-state index contributed by atoms with van der Waals surface area (Å²) in [6.45, 7) is 5.07. The van der Waals surface area contributed by atoms with E-state index in [4.69, 9.17) is 4.74 Å². The van der Waals surface area contributed by atoms with Crippen LogP contribution in [0.3, 0.4) is 0 Å². The zero-order valence-corrected chi connectivity index (χ0v) is 14.4. The lowest BCUT2D eigenvalue weighted by atomic mass is 10.1. The Morgan fingerprint density at radius 2 is 2.17 bits per heavy atom. The number of likely N-dealkylation sites (N-methyl/N-ethyl adjacent to an activating group) is 1. The average Bonchev–Trinajstić information content (AvgIpc) is 2.60. The highest BCUT2D eigenvalue weighted by molar-refractivity contribution is 5.74. The number of carbonyl (C=O) groups is 1. The molecule has 1 N–H and O–H groups in total. The summed E-state index contributed by atoms with van der Waals surface area (Å²) >= 11 is 0. The Morgan fingerprint density at radius 3 is 2.87 bits per heavy atom. The van der Waals surface area contributed by atoms with Crippen molar-refractivity contribution in [3.05, 3.63) is 23.9 Å². The van der Waals surface area contributed by atoms with Crippen molar-refractivity contribution in [3.63, 3.8) is 0 Å². The van der Waals surface area contributed by atoms with E-state index in [1.165, 1.54) is 19.3 Å². The number of anilines is 1. The summed E-state index contributed by atoms with van der Waals surface area (Å²) in [4.78, 5) is 20.8. The van der Waals surface area contributed by atoms with Crippen molar-refractivity contribution in [1.29, 1.82) is 0 Å². The summed E-state index contributed by atoms with van der Waals surface area (Å²) in [5, 5.41) is 2.98. The average molecular weight is 320 g/mol. The van der Waals surface area contributed by atoms with Crippen LogP contribution in [-0.4, -0.2) is 55.8 Å². The van der Waals surface area contributed by atoms with Gasteiger partial charge in [-0.25, -0.2) is 9.78 Å². The van der Waals surface area contributed by atoms with E-state index >= 15 is 0 Å². The molecule has 1 aliphatic rings. The van der Waals surface area contributed by atoms with Gasteiger partial charge >= 0.3 is 6.03 Å². The van der Waals surface area contributed by atoms with Gasteiger partial charge < -0.3 is 19.9 Å². The van der Waals surface area contributed by atoms with E-state index in [0.717, 1.165) is 24.5 Å². The van der Waals surface area contributed by atoms with Crippen LogP contribution in [0.5, 0.6) is 0 Å². The number of pyridine rings is 1. The molecular weight excluding hydrogens is 292 g/mol. The number of methoxy groups -OCH3 is 1. The van der Waals surface area contributed by atoms with Crippen LogP contribution in [0.2, 0.25) is 0 Å². The lowest BCUT2D eigenvalue weighted by molar-refractivity contribution is 0.123. The summed E-state index contributed by atoms with van der Waals surface area (Å²) in [5.41, 5.74) is 1.07. The normalized spacial score (nSPS) is 16.0. The van der Waals surface area contributed by atoms with E-state index in [2.05, 4.69) is 15.2 Å². The van der Waals surface area contributed by atoms with E-state index in [9.17, 15) is 4.79 Å². The molecule has 2 heterocycles. The third kappa shape index (κ3) is 4.82. The summed E-state index contributed by atoms with van der Waals surface area (Å²) in [5.74, 6) is 1.00. The van der Waals surface area contributed by atoms with Crippen LogP contribution >= 0.6 is 0 Å². The van der Waals surface area contributed by atoms with Gasteiger partial charge in [-0.1, -0.05) is 6.07 Å². The molecule has 0 bridgehead atoms. The molecule has 1 unspecified atom stereocenters. The van der Waals surface area contributed by atoms with Gasteiger partial charge in [0.2, 0.25) is 0 Å². The molecule has 6 heteroatoms. The maximum atomic E-state index is 12.2. The van der Waals surface area contributed by atoms with E-state index in [0.29, 0.717) is 13.2 Å². The molecule has 23 heavy (non-hydrogen) atoms. The second-order valence-corrected chi connectivity index (χ2v) is 6.11. The number of hydrogen-bond donors (Lipinski definition) is 1. The number of urea groups is 1. The molecule has 1 aromatic rings. The topological polar surface area (TPSA) is 57.7 Å². The molecule has 0 spiro atoms. The first-order valence-electron chi connectivity index (χ1n) is 8.32. The third-order valence-corrected chi connectivity index (χ3v) is 4.34. The second-order valence-electron chi connectivity index (χ2n) is 6.11. The minimum absolute atomic E-state index is 0.0375. The van der Waals surface area contributed by atoms with Gasteiger partial charge in [0.25, 0.3) is 0 Å². The van der Waals surface area contributed by atoms with E-state index < -0.39 is 0 Å². The first-order valence-corrected chi connectivity index (χ1v) is 8.32. The van der Waals surface area contributed by atoms with Crippen LogP contribution in [0.25, 0.3) is 0 Å². The van der Waals surface area contributed by atoms with Gasteiger partial charge in [-0.2, -0.15) is 0 Å². The highest BCUT2D eigenvalue weighted by Crippen LogP contribution is 2.21. The number of nitrogens with zero attached hydrogens (tertiary/aromatic N) is 3. The predicted molar refractivity (Wildman–Crippen MR) is 91.6 cm³/mol. The first kappa shape index (κ1) is 17.5. The van der Waals surface area contributed by atoms with Gasteiger partial charge in [0.15, 0.2) is 0 Å². The van der Waals surface area contributed by atoms with Crippen LogP contribution in [0.4, 0.5) is 10.6 Å². The smallest absolute Gasteiger partial charge is 0.317 e. The number of amides is 2. The molecule has 1 aliphatic heterocycles. The van der Waals surface area contributed by atoms with Crippen molar-refractivity contribution in [2.45, 2.75) is 38.8 Å². The molecule has 128 valence electrons. The SMILES string of the molecule is COCC(C)N(C)C(=O)NCc1cccnc1N1CCCCC1. The Kier molecular flexibility index (Phi) is 6.65. The van der Waals surface area contributed by atoms with Crippen molar-refractivity contribution < 1.29 is 9.53 Å². The number of ether oxygens (including phenoxy) is 1. The molecule has 1 aromatic heterocycles. The van der Waals surface area contributed by atoms with Crippen LogP contribution in [0, 0.1) is 0 Å². The number of aromatic nitrogens is 1. The fourth-order valence-corrected chi connectivity index (χ4v) is 2.81. The van der Waals surface area contributed by atoms with Crippen molar-refractivity contribution in [2.75, 3.05) is 38.8 Å². The lowest BCUT2D eigenvalue weighted by Crippen LogP contribution is -2.44. The molecule has 0 radical (unpaired) electrons. The number of piperidine rings is 1. The van der Waals surface area contributed by atoms with E-state index in [1.54, 1.807) is 19.1 Å². The maximum absolute atomic E-state index is 12.2. The van der Waals surface area contributed by atoms with Gasteiger partial charge in [0, 0.05) is 45.6 Å². The molecule has 1 saturated heterocycles. The maximum Gasteiger partial charge on any atom is 0.317 e. The van der Waals surface area contributed by atoms with Crippen LogP contribution in [0.1, 0.15) is 31.7 Å². The Bertz CT molecular complexity index is 503. The first-order chi connectivity index (χ1) is 11.1. The van der Waals surface area contributed by atoms with Gasteiger partial charge in [0.05, 0.1) is 12.6 Å². The Morgan fingerprint density at radius 1 is 1.43 bits per heavy atom.